The first-order chi connectivity index (χ1) is 22.5. The Balaban J connectivity index is 1.49. The van der Waals surface area contributed by atoms with E-state index in [2.05, 4.69) is 40.8 Å². The lowest BCUT2D eigenvalue weighted by molar-refractivity contribution is -0.620. The minimum Gasteiger partial charge on any atom is -0.481 e. The molecule has 1 saturated heterocycles. The summed E-state index contributed by atoms with van der Waals surface area (Å²) in [5.74, 6) is -2.81. The third-order valence-corrected chi connectivity index (χ3v) is 12.0. The Kier molecular flexibility index (Phi) is 11.6. The minimum atomic E-state index is -5.26. The molecule has 5 rings (SSSR count). The number of ether oxygens (including phenoxy) is 3. The lowest BCUT2D eigenvalue weighted by Gasteiger charge is -2.62. The molecule has 5 aliphatic rings. The minimum absolute atomic E-state index is 0.0285. The van der Waals surface area contributed by atoms with Gasteiger partial charge in [0.1, 0.15) is 6.10 Å². The topological polar surface area (TPSA) is 223 Å². The molecule has 274 valence electrons. The van der Waals surface area contributed by atoms with Crippen LogP contribution < -0.4 is 0 Å². The van der Waals surface area contributed by atoms with E-state index in [0.717, 1.165) is 24.8 Å². The largest absolute Gasteiger partial charge is 0.481 e. The van der Waals surface area contributed by atoms with Crippen molar-refractivity contribution in [3.63, 3.8) is 0 Å². The summed E-state index contributed by atoms with van der Waals surface area (Å²) < 4.78 is 60.7. The third-order valence-electron chi connectivity index (χ3n) is 11.5. The fourth-order valence-corrected chi connectivity index (χ4v) is 10.3. The number of carbonyl (C=O) groups is 2. The van der Waals surface area contributed by atoms with Crippen LogP contribution in [0.25, 0.3) is 0 Å². The molecule has 5 fully saturated rings. The second-order valence-corrected chi connectivity index (χ2v) is 15.8. The smallest absolute Gasteiger partial charge is 0.397 e. The van der Waals surface area contributed by atoms with Gasteiger partial charge in [0.25, 0.3) is 0 Å². The number of aliphatic hydroxyl groups is 2. The zero-order chi connectivity index (χ0) is 35.2. The maximum atomic E-state index is 13.0. The van der Waals surface area contributed by atoms with Crippen molar-refractivity contribution < 1.29 is 75.6 Å². The Bertz CT molecular complexity index is 1310. The van der Waals surface area contributed by atoms with Crippen molar-refractivity contribution in [3.05, 3.63) is 12.2 Å². The zero-order valence-corrected chi connectivity index (χ0v) is 28.8. The summed E-state index contributed by atoms with van der Waals surface area (Å²) >= 11 is 3.33. The van der Waals surface area contributed by atoms with Crippen LogP contribution in [0.1, 0.15) is 72.1 Å². The molecule has 48 heavy (non-hydrogen) atoms. The van der Waals surface area contributed by atoms with Gasteiger partial charge in [0.2, 0.25) is 0 Å². The monoisotopic (exact) mass is 726 g/mol. The average Bonchev–Trinajstić information content (AvgIpc) is 3.16. The maximum absolute atomic E-state index is 13.0. The number of hydrogen-bond acceptors (Lipinski definition) is 15. The molecular weight excluding hydrogens is 680 g/mol. The van der Waals surface area contributed by atoms with Crippen LogP contribution in [0.5, 0.6) is 0 Å². The Morgan fingerprint density at radius 2 is 1.85 bits per heavy atom. The fraction of sp³-hybridized carbons (Fsp3) is 0.867. The van der Waals surface area contributed by atoms with Gasteiger partial charge in [-0.3, -0.25) is 14.1 Å². The van der Waals surface area contributed by atoms with Gasteiger partial charge in [-0.2, -0.15) is 13.3 Å². The molecular formula is C30H46O16S2. The highest BCUT2D eigenvalue weighted by Crippen LogP contribution is 2.70. The van der Waals surface area contributed by atoms with Gasteiger partial charge in [0.05, 0.1) is 24.7 Å². The Morgan fingerprint density at radius 1 is 1.12 bits per heavy atom. The van der Waals surface area contributed by atoms with Gasteiger partial charge in [0.15, 0.2) is 24.6 Å². The van der Waals surface area contributed by atoms with Crippen molar-refractivity contribution in [2.24, 2.45) is 40.4 Å². The molecule has 18 heteroatoms. The van der Waals surface area contributed by atoms with Crippen molar-refractivity contribution in [1.82, 2.24) is 0 Å². The van der Waals surface area contributed by atoms with Crippen LogP contribution in [0, 0.1) is 40.4 Å². The summed E-state index contributed by atoms with van der Waals surface area (Å²) in [5.41, 5.74) is -0.179. The van der Waals surface area contributed by atoms with E-state index >= 15 is 0 Å². The number of rotatable bonds is 13. The molecule has 0 amide bonds. The van der Waals surface area contributed by atoms with Gasteiger partial charge in [-0.05, 0) is 89.7 Å². The number of aliphatic hydroxyl groups excluding tert-OH is 2. The number of esters is 1. The summed E-state index contributed by atoms with van der Waals surface area (Å²) in [7, 11) is -5.26. The van der Waals surface area contributed by atoms with Crippen LogP contribution in [0.2, 0.25) is 0 Å². The molecule has 0 radical (unpaired) electrons. The van der Waals surface area contributed by atoms with Crippen LogP contribution in [-0.4, -0.2) is 89.7 Å². The number of hydrogen-bond donors (Lipinski definition) is 5. The molecule has 16 nitrogen and oxygen atoms in total. The van der Waals surface area contributed by atoms with Crippen LogP contribution >= 0.6 is 12.9 Å². The standard InChI is InChI=1S/C30H46O16S2/c1-14(2)9-22(32)41-25-24(43-48(36,37)38)23(42-44-45-46-47)20(13-31)40-28(25)39-17-10-18(27(34)35)19-7-8-30-11-16(15(3)26(30)33)5-6-21(30)29(19,4)12-17/h14,16-21,23-26,28,31,33,47H,3,5-13H2,1-2,4H3,(H,34,35)(H,36,37,38)/t16?,17?,18?,19?,20-,21?,23-,24-,25?,26+,28+,29?,30?/m1/s1. The van der Waals surface area contributed by atoms with Crippen LogP contribution in [0.15, 0.2) is 12.2 Å². The van der Waals surface area contributed by atoms with E-state index in [1.54, 1.807) is 13.8 Å². The molecule has 1 aliphatic heterocycles. The highest BCUT2D eigenvalue weighted by molar-refractivity contribution is 7.80. The molecule has 8 unspecified atom stereocenters. The fourth-order valence-electron chi connectivity index (χ4n) is 9.76. The molecule has 4 N–H and O–H groups in total. The van der Waals surface area contributed by atoms with Crippen molar-refractivity contribution in [3.8, 4) is 0 Å². The SMILES string of the molecule is C=C1C2CCC3C4(C)CC(O[C@H]5O[C@H](CO)[C@@H](OOOOS)[C@@H](OS(=O)(=O)O)C5OC(=O)CC(C)C)CC(C(=O)O)C4CCC3(C2)[C@H]1O. The molecule has 0 aromatic carbocycles. The Labute approximate surface area is 284 Å². The highest BCUT2D eigenvalue weighted by Gasteiger charge is 2.67. The van der Waals surface area contributed by atoms with E-state index in [0.29, 0.717) is 19.3 Å². The van der Waals surface area contributed by atoms with E-state index in [1.165, 1.54) is 0 Å². The number of carbonyl (C=O) groups excluding carboxylic acids is 1. The number of carboxylic acids is 1. The lowest BCUT2D eigenvalue weighted by Crippen LogP contribution is -2.64. The molecule has 1 heterocycles. The van der Waals surface area contributed by atoms with Gasteiger partial charge in [0, 0.05) is 24.7 Å². The Hall–Kier alpha value is -1.42. The normalized spacial score (nSPS) is 42.7. The maximum Gasteiger partial charge on any atom is 0.397 e. The Morgan fingerprint density at radius 3 is 2.48 bits per heavy atom. The molecule has 4 aliphatic carbocycles. The first kappa shape index (κ1) is 37.8. The predicted octanol–water partition coefficient (Wildman–Crippen LogP) is 2.50. The summed E-state index contributed by atoms with van der Waals surface area (Å²) in [4.78, 5) is 30.8. The number of carboxylic acid groups (broad SMARTS) is 1. The predicted molar refractivity (Wildman–Crippen MR) is 163 cm³/mol. The summed E-state index contributed by atoms with van der Waals surface area (Å²) in [6.45, 7) is 8.92. The summed E-state index contributed by atoms with van der Waals surface area (Å²) in [5, 5.41) is 40.6. The lowest BCUT2D eigenvalue weighted by atomic mass is 9.43. The molecule has 1 spiro atoms. The highest BCUT2D eigenvalue weighted by atomic mass is 32.3. The van der Waals surface area contributed by atoms with Crippen LogP contribution in [0.3, 0.4) is 0 Å². The van der Waals surface area contributed by atoms with Crippen molar-refractivity contribution in [2.45, 2.75) is 115 Å². The van der Waals surface area contributed by atoms with Gasteiger partial charge >= 0.3 is 22.3 Å². The van der Waals surface area contributed by atoms with E-state index in [1.807, 2.05) is 0 Å². The third kappa shape index (κ3) is 7.32. The van der Waals surface area contributed by atoms with E-state index < -0.39 is 88.6 Å². The molecule has 0 aromatic heterocycles. The van der Waals surface area contributed by atoms with Gasteiger partial charge in [-0.15, -0.1) is 4.33 Å². The second-order valence-electron chi connectivity index (χ2n) is 14.6. The quantitative estimate of drug-likeness (QED) is 0.0212. The van der Waals surface area contributed by atoms with Gasteiger partial charge < -0.3 is 29.5 Å². The molecule has 4 saturated carbocycles. The first-order valence-corrected chi connectivity index (χ1v) is 17.9. The van der Waals surface area contributed by atoms with Gasteiger partial charge in [-0.1, -0.05) is 27.4 Å². The zero-order valence-electron chi connectivity index (χ0n) is 27.0. The van der Waals surface area contributed by atoms with Crippen molar-refractivity contribution >= 4 is 35.2 Å². The summed E-state index contributed by atoms with van der Waals surface area (Å²) in [6.07, 6.45) is -5.97. The summed E-state index contributed by atoms with van der Waals surface area (Å²) in [6, 6.07) is 0. The molecule has 2 bridgehead atoms. The first-order valence-electron chi connectivity index (χ1n) is 16.2. The van der Waals surface area contributed by atoms with Crippen molar-refractivity contribution in [2.75, 3.05) is 6.61 Å². The number of aliphatic carboxylic acids is 1. The van der Waals surface area contributed by atoms with Gasteiger partial charge in [-0.25, -0.2) is 4.18 Å². The van der Waals surface area contributed by atoms with E-state index in [4.69, 9.17) is 23.3 Å². The van der Waals surface area contributed by atoms with Crippen LogP contribution in [0.4, 0.5) is 0 Å². The van der Waals surface area contributed by atoms with E-state index in [9.17, 15) is 37.9 Å². The van der Waals surface area contributed by atoms with Crippen molar-refractivity contribution in [1.29, 1.82) is 0 Å². The van der Waals surface area contributed by atoms with E-state index in [-0.39, 0.29) is 36.5 Å². The average molecular weight is 727 g/mol. The van der Waals surface area contributed by atoms with Crippen LogP contribution in [-0.2, 0) is 57.7 Å². The number of thiol groups is 1. The number of fused-ring (bicyclic) bond motifs is 3. The molecule has 0 aromatic rings. The second kappa shape index (κ2) is 14.7. The molecule has 13 atom stereocenters.